The molecule has 0 atom stereocenters. The summed E-state index contributed by atoms with van der Waals surface area (Å²) >= 11 is 0. The first kappa shape index (κ1) is 9.24. The first-order chi connectivity index (χ1) is 5.52. The Balaban J connectivity index is 3.14. The maximum Gasteiger partial charge on any atom is 0.140 e. The van der Waals surface area contributed by atoms with E-state index in [2.05, 4.69) is 27.7 Å². The van der Waals surface area contributed by atoms with Gasteiger partial charge < -0.3 is 0 Å². The highest BCUT2D eigenvalue weighted by atomic mass is 16.1. The van der Waals surface area contributed by atoms with E-state index in [1.54, 1.807) is 0 Å². The zero-order valence-electron chi connectivity index (χ0n) is 8.32. The minimum absolute atomic E-state index is 0.348. The third-order valence-electron chi connectivity index (χ3n) is 2.77. The topological polar surface area (TPSA) is 17.1 Å². The highest BCUT2D eigenvalue weighted by molar-refractivity contribution is 5.84. The summed E-state index contributed by atoms with van der Waals surface area (Å²) < 4.78 is 0. The van der Waals surface area contributed by atoms with E-state index in [0.29, 0.717) is 18.6 Å². The molecule has 0 heterocycles. The second-order valence-corrected chi connectivity index (χ2v) is 3.70. The molecule has 0 unspecified atom stereocenters. The molecule has 0 aromatic rings. The lowest BCUT2D eigenvalue weighted by atomic mass is 10.0. The maximum absolute atomic E-state index is 11.3. The summed E-state index contributed by atoms with van der Waals surface area (Å²) in [5.74, 6) is 0.348. The largest absolute Gasteiger partial charge is 0.299 e. The van der Waals surface area contributed by atoms with E-state index in [0.717, 1.165) is 0 Å². The van der Waals surface area contributed by atoms with Gasteiger partial charge >= 0.3 is 0 Å². The Bertz CT molecular complexity index is 251. The molecule has 0 aromatic heterocycles. The van der Waals surface area contributed by atoms with Crippen LogP contribution in [-0.2, 0) is 4.79 Å². The Labute approximate surface area is 74.2 Å². The quantitative estimate of drug-likeness (QED) is 0.538. The average Bonchev–Trinajstić information content (AvgIpc) is 2.05. The standard InChI is InChI=1S/C11H16O/c1-7-5-11(12)6-8(2)10(4)9(7)3/h5-6H2,1-4H3. The molecule has 0 aliphatic heterocycles. The fraction of sp³-hybridized carbons (Fsp3) is 0.545. The maximum atomic E-state index is 11.3. The lowest BCUT2D eigenvalue weighted by Gasteiger charge is -2.04. The van der Waals surface area contributed by atoms with Crippen molar-refractivity contribution >= 4 is 5.78 Å². The Morgan fingerprint density at radius 3 is 1.50 bits per heavy atom. The molecular weight excluding hydrogens is 148 g/mol. The first-order valence-corrected chi connectivity index (χ1v) is 4.37. The minimum Gasteiger partial charge on any atom is -0.299 e. The van der Waals surface area contributed by atoms with Crippen LogP contribution in [0.4, 0.5) is 0 Å². The Morgan fingerprint density at radius 2 is 1.17 bits per heavy atom. The van der Waals surface area contributed by atoms with Crippen LogP contribution in [0.3, 0.4) is 0 Å². The van der Waals surface area contributed by atoms with Gasteiger partial charge in [-0.2, -0.15) is 0 Å². The van der Waals surface area contributed by atoms with Gasteiger partial charge in [0, 0.05) is 12.8 Å². The third-order valence-corrected chi connectivity index (χ3v) is 2.77. The number of Topliss-reactive ketones (excluding diaryl/α,β-unsaturated/α-hetero) is 1. The van der Waals surface area contributed by atoms with Crippen molar-refractivity contribution in [2.45, 2.75) is 40.5 Å². The van der Waals surface area contributed by atoms with E-state index >= 15 is 0 Å². The normalized spacial score (nSPS) is 20.2. The monoisotopic (exact) mass is 164 g/mol. The average molecular weight is 164 g/mol. The summed E-state index contributed by atoms with van der Waals surface area (Å²) in [5.41, 5.74) is 5.07. The molecule has 0 N–H and O–H groups in total. The molecule has 1 aliphatic carbocycles. The highest BCUT2D eigenvalue weighted by Gasteiger charge is 2.13. The van der Waals surface area contributed by atoms with Crippen molar-refractivity contribution in [3.63, 3.8) is 0 Å². The molecule has 0 amide bonds. The van der Waals surface area contributed by atoms with Crippen LogP contribution in [0.1, 0.15) is 40.5 Å². The van der Waals surface area contributed by atoms with Gasteiger partial charge in [0.15, 0.2) is 0 Å². The van der Waals surface area contributed by atoms with Gasteiger partial charge in [-0.3, -0.25) is 4.79 Å². The lowest BCUT2D eigenvalue weighted by molar-refractivity contribution is -0.117. The molecule has 0 spiro atoms. The van der Waals surface area contributed by atoms with Crippen molar-refractivity contribution in [2.24, 2.45) is 0 Å². The van der Waals surface area contributed by atoms with E-state index in [1.807, 2.05) is 0 Å². The van der Waals surface area contributed by atoms with Crippen molar-refractivity contribution in [1.82, 2.24) is 0 Å². The molecule has 1 aliphatic rings. The van der Waals surface area contributed by atoms with Gasteiger partial charge in [-0.25, -0.2) is 0 Å². The van der Waals surface area contributed by atoms with Crippen LogP contribution in [0.2, 0.25) is 0 Å². The summed E-state index contributed by atoms with van der Waals surface area (Å²) in [6, 6.07) is 0. The number of rotatable bonds is 0. The van der Waals surface area contributed by atoms with Gasteiger partial charge in [0.05, 0.1) is 0 Å². The van der Waals surface area contributed by atoms with Crippen molar-refractivity contribution in [3.8, 4) is 0 Å². The Morgan fingerprint density at radius 1 is 0.833 bits per heavy atom. The second kappa shape index (κ2) is 3.26. The summed E-state index contributed by atoms with van der Waals surface area (Å²) in [7, 11) is 0. The van der Waals surface area contributed by atoms with Crippen LogP contribution in [0, 0.1) is 0 Å². The number of hydrogen-bond acceptors (Lipinski definition) is 1. The van der Waals surface area contributed by atoms with Crippen LogP contribution in [-0.4, -0.2) is 5.78 Å². The van der Waals surface area contributed by atoms with Crippen LogP contribution in [0.5, 0.6) is 0 Å². The first-order valence-electron chi connectivity index (χ1n) is 4.37. The Kier molecular flexibility index (Phi) is 2.51. The van der Waals surface area contributed by atoms with E-state index in [4.69, 9.17) is 0 Å². The molecule has 0 aromatic carbocycles. The summed E-state index contributed by atoms with van der Waals surface area (Å²) in [4.78, 5) is 11.3. The van der Waals surface area contributed by atoms with Gasteiger partial charge in [-0.05, 0) is 38.8 Å². The van der Waals surface area contributed by atoms with E-state index < -0.39 is 0 Å². The number of carbonyl (C=O) groups is 1. The van der Waals surface area contributed by atoms with Crippen molar-refractivity contribution in [1.29, 1.82) is 0 Å². The molecule has 0 radical (unpaired) electrons. The molecule has 0 bridgehead atoms. The molecule has 0 saturated heterocycles. The number of ketones is 1. The molecular formula is C11H16O. The Hall–Kier alpha value is -0.850. The third kappa shape index (κ3) is 1.66. The zero-order chi connectivity index (χ0) is 9.30. The number of allylic oxidation sites excluding steroid dienone is 4. The van der Waals surface area contributed by atoms with Crippen molar-refractivity contribution in [2.75, 3.05) is 0 Å². The SMILES string of the molecule is CC1=C(C)C(C)=C(C)CC(=O)C1. The highest BCUT2D eigenvalue weighted by Crippen LogP contribution is 2.25. The second-order valence-electron chi connectivity index (χ2n) is 3.70. The van der Waals surface area contributed by atoms with E-state index in [-0.39, 0.29) is 0 Å². The van der Waals surface area contributed by atoms with Crippen LogP contribution >= 0.6 is 0 Å². The van der Waals surface area contributed by atoms with Crippen LogP contribution in [0.25, 0.3) is 0 Å². The molecule has 1 heteroatoms. The molecule has 1 nitrogen and oxygen atoms in total. The molecule has 66 valence electrons. The van der Waals surface area contributed by atoms with Gasteiger partial charge in [-0.15, -0.1) is 0 Å². The van der Waals surface area contributed by atoms with Crippen LogP contribution < -0.4 is 0 Å². The van der Waals surface area contributed by atoms with Gasteiger partial charge in [0.1, 0.15) is 5.78 Å². The number of carbonyl (C=O) groups excluding carboxylic acids is 1. The molecule has 0 saturated carbocycles. The van der Waals surface area contributed by atoms with Gasteiger partial charge in [0.2, 0.25) is 0 Å². The van der Waals surface area contributed by atoms with Crippen LogP contribution in [0.15, 0.2) is 22.3 Å². The van der Waals surface area contributed by atoms with Crippen molar-refractivity contribution < 1.29 is 4.79 Å². The molecule has 12 heavy (non-hydrogen) atoms. The predicted molar refractivity (Wildman–Crippen MR) is 51.0 cm³/mol. The minimum atomic E-state index is 0.348. The van der Waals surface area contributed by atoms with E-state index in [1.165, 1.54) is 22.3 Å². The van der Waals surface area contributed by atoms with Gasteiger partial charge in [0.25, 0.3) is 0 Å². The molecule has 0 fully saturated rings. The molecule has 1 rings (SSSR count). The smallest absolute Gasteiger partial charge is 0.140 e. The van der Waals surface area contributed by atoms with E-state index in [9.17, 15) is 4.79 Å². The van der Waals surface area contributed by atoms with Gasteiger partial charge in [-0.1, -0.05) is 11.1 Å². The summed E-state index contributed by atoms with van der Waals surface area (Å²) in [6.45, 7) is 8.31. The predicted octanol–water partition coefficient (Wildman–Crippen LogP) is 3.02. The number of hydrogen-bond donors (Lipinski definition) is 0. The zero-order valence-corrected chi connectivity index (χ0v) is 8.32. The van der Waals surface area contributed by atoms with Crippen molar-refractivity contribution in [3.05, 3.63) is 22.3 Å². The lowest BCUT2D eigenvalue weighted by Crippen LogP contribution is -1.96. The fourth-order valence-corrected chi connectivity index (χ4v) is 1.56. The summed E-state index contributed by atoms with van der Waals surface area (Å²) in [6.07, 6.45) is 1.28. The fourth-order valence-electron chi connectivity index (χ4n) is 1.56. The summed E-state index contributed by atoms with van der Waals surface area (Å²) in [5, 5.41) is 0.